The number of nitrogens with zero attached hydrogens (tertiary/aromatic N) is 1. The van der Waals surface area contributed by atoms with Gasteiger partial charge < -0.3 is 10.1 Å². The minimum absolute atomic E-state index is 0.180. The first-order valence-electron chi connectivity index (χ1n) is 5.73. The Bertz CT molecular complexity index is 475. The van der Waals surface area contributed by atoms with E-state index in [2.05, 4.69) is 12.2 Å². The van der Waals surface area contributed by atoms with Gasteiger partial charge in [-0.25, -0.2) is 0 Å². The van der Waals surface area contributed by atoms with E-state index in [1.54, 1.807) is 11.8 Å². The van der Waals surface area contributed by atoms with Gasteiger partial charge in [-0.2, -0.15) is 5.26 Å². The molecule has 1 aliphatic rings. The van der Waals surface area contributed by atoms with Gasteiger partial charge in [0.2, 0.25) is 5.91 Å². The van der Waals surface area contributed by atoms with Gasteiger partial charge in [-0.1, -0.05) is 6.92 Å². The molecule has 0 bridgehead atoms. The minimum atomic E-state index is -1.00. The van der Waals surface area contributed by atoms with Gasteiger partial charge in [0.1, 0.15) is 0 Å². The summed E-state index contributed by atoms with van der Waals surface area (Å²) in [5.41, 5.74) is -0.293. The number of thioether (sulfide) groups is 1. The van der Waals surface area contributed by atoms with Gasteiger partial charge in [0, 0.05) is 10.6 Å². The van der Waals surface area contributed by atoms with E-state index in [0.717, 1.165) is 10.6 Å². The van der Waals surface area contributed by atoms with E-state index in [0.29, 0.717) is 5.69 Å². The van der Waals surface area contributed by atoms with Crippen LogP contribution >= 0.6 is 11.8 Å². The van der Waals surface area contributed by atoms with Crippen LogP contribution in [0.25, 0.3) is 0 Å². The Kier molecular flexibility index (Phi) is 3.90. The monoisotopic (exact) mass is 262 g/mol. The molecular formula is C13H14N2O2S. The molecule has 0 spiro atoms. The maximum atomic E-state index is 11.9. The molecule has 2 rings (SSSR count). The normalized spacial score (nSPS) is 16.4. The molecule has 0 aliphatic carbocycles. The van der Waals surface area contributed by atoms with Crippen LogP contribution < -0.4 is 5.32 Å². The Morgan fingerprint density at radius 2 is 2.17 bits per heavy atom. The highest BCUT2D eigenvalue weighted by atomic mass is 32.2. The third kappa shape index (κ3) is 2.50. The lowest BCUT2D eigenvalue weighted by atomic mass is 9.87. The third-order valence-corrected chi connectivity index (χ3v) is 3.66. The standard InChI is InChI=1S/C13H14N2O2S/c1-2-18-11-5-3-10(4-6-11)15-12(16)13(7-14)8-17-9-13/h3-6H,2,8-9H2,1H3,(H,15,16). The molecule has 1 amide bonds. The lowest BCUT2D eigenvalue weighted by molar-refractivity contribution is -0.144. The van der Waals surface area contributed by atoms with Gasteiger partial charge in [-0.3, -0.25) is 4.79 Å². The van der Waals surface area contributed by atoms with Crippen molar-refractivity contribution in [2.24, 2.45) is 5.41 Å². The average Bonchev–Trinajstić information content (AvgIpc) is 2.31. The highest BCUT2D eigenvalue weighted by Gasteiger charge is 2.46. The van der Waals surface area contributed by atoms with Gasteiger partial charge in [-0.05, 0) is 30.0 Å². The SMILES string of the molecule is CCSc1ccc(NC(=O)C2(C#N)COC2)cc1. The van der Waals surface area contributed by atoms with Crippen molar-refractivity contribution in [3.05, 3.63) is 24.3 Å². The smallest absolute Gasteiger partial charge is 0.249 e. The van der Waals surface area contributed by atoms with Crippen LogP contribution in [0.4, 0.5) is 5.69 Å². The van der Waals surface area contributed by atoms with Crippen LogP contribution in [0.5, 0.6) is 0 Å². The van der Waals surface area contributed by atoms with Gasteiger partial charge in [0.25, 0.3) is 0 Å². The molecule has 1 aromatic carbocycles. The largest absolute Gasteiger partial charge is 0.377 e. The number of nitrogens with one attached hydrogen (secondary N) is 1. The molecule has 1 aliphatic heterocycles. The first kappa shape index (κ1) is 12.9. The summed E-state index contributed by atoms with van der Waals surface area (Å²) in [4.78, 5) is 13.1. The molecule has 94 valence electrons. The number of benzene rings is 1. The van der Waals surface area contributed by atoms with Crippen LogP contribution in [0.3, 0.4) is 0 Å². The van der Waals surface area contributed by atoms with Gasteiger partial charge in [0.05, 0.1) is 19.3 Å². The van der Waals surface area contributed by atoms with Crippen molar-refractivity contribution >= 4 is 23.4 Å². The highest BCUT2D eigenvalue weighted by Crippen LogP contribution is 2.28. The highest BCUT2D eigenvalue weighted by molar-refractivity contribution is 7.99. The molecule has 1 heterocycles. The Morgan fingerprint density at radius 1 is 1.50 bits per heavy atom. The molecule has 18 heavy (non-hydrogen) atoms. The van der Waals surface area contributed by atoms with Crippen molar-refractivity contribution in [1.82, 2.24) is 0 Å². The molecule has 0 aromatic heterocycles. The number of carbonyl (C=O) groups excluding carboxylic acids is 1. The molecule has 1 aromatic rings. The number of nitriles is 1. The van der Waals surface area contributed by atoms with Crippen LogP contribution in [-0.4, -0.2) is 24.9 Å². The number of rotatable bonds is 4. The van der Waals surface area contributed by atoms with Gasteiger partial charge in [-0.15, -0.1) is 11.8 Å². The molecule has 0 atom stereocenters. The second kappa shape index (κ2) is 5.42. The maximum Gasteiger partial charge on any atom is 0.249 e. The first-order valence-corrected chi connectivity index (χ1v) is 6.72. The summed E-state index contributed by atoms with van der Waals surface area (Å²) >= 11 is 1.74. The van der Waals surface area contributed by atoms with E-state index in [1.165, 1.54) is 0 Å². The number of ether oxygens (including phenoxy) is 1. The van der Waals surface area contributed by atoms with Crippen LogP contribution in [0.1, 0.15) is 6.92 Å². The molecule has 4 nitrogen and oxygen atoms in total. The fraction of sp³-hybridized carbons (Fsp3) is 0.385. The van der Waals surface area contributed by atoms with Crippen LogP contribution in [-0.2, 0) is 9.53 Å². The summed E-state index contributed by atoms with van der Waals surface area (Å²) in [5.74, 6) is 0.729. The molecule has 0 saturated carbocycles. The summed E-state index contributed by atoms with van der Waals surface area (Å²) in [6.45, 7) is 2.45. The number of hydrogen-bond acceptors (Lipinski definition) is 4. The van der Waals surface area contributed by atoms with Crippen molar-refractivity contribution in [3.8, 4) is 6.07 Å². The summed E-state index contributed by atoms with van der Waals surface area (Å²) in [5, 5.41) is 11.8. The van der Waals surface area contributed by atoms with Crippen molar-refractivity contribution in [2.75, 3.05) is 24.3 Å². The molecule has 1 saturated heterocycles. The van der Waals surface area contributed by atoms with Gasteiger partial charge in [0.15, 0.2) is 5.41 Å². The Labute approximate surface area is 110 Å². The molecule has 0 radical (unpaired) electrons. The van der Waals surface area contributed by atoms with Crippen LogP contribution in [0, 0.1) is 16.7 Å². The lowest BCUT2D eigenvalue weighted by Crippen LogP contribution is -2.50. The van der Waals surface area contributed by atoms with E-state index in [4.69, 9.17) is 10.00 Å². The maximum absolute atomic E-state index is 11.9. The summed E-state index contributed by atoms with van der Waals surface area (Å²) < 4.78 is 4.95. The second-order valence-electron chi connectivity index (χ2n) is 4.10. The van der Waals surface area contributed by atoms with Crippen molar-refractivity contribution in [2.45, 2.75) is 11.8 Å². The number of hydrogen-bond donors (Lipinski definition) is 1. The van der Waals surface area contributed by atoms with Crippen molar-refractivity contribution in [3.63, 3.8) is 0 Å². The second-order valence-corrected chi connectivity index (χ2v) is 5.44. The van der Waals surface area contributed by atoms with Crippen LogP contribution in [0.2, 0.25) is 0 Å². The number of amides is 1. The topological polar surface area (TPSA) is 62.1 Å². The predicted octanol–water partition coefficient (Wildman–Crippen LogP) is 2.28. The van der Waals surface area contributed by atoms with E-state index in [1.807, 2.05) is 30.3 Å². The summed E-state index contributed by atoms with van der Waals surface area (Å²) in [6, 6.07) is 9.64. The molecule has 0 unspecified atom stereocenters. The quantitative estimate of drug-likeness (QED) is 0.846. The molecule has 1 fully saturated rings. The zero-order chi connectivity index (χ0) is 13.0. The third-order valence-electron chi connectivity index (χ3n) is 2.77. The Balaban J connectivity index is 2.01. The fourth-order valence-electron chi connectivity index (χ4n) is 1.60. The Morgan fingerprint density at radius 3 is 2.61 bits per heavy atom. The fourth-order valence-corrected chi connectivity index (χ4v) is 2.27. The Hall–Kier alpha value is -1.51. The minimum Gasteiger partial charge on any atom is -0.377 e. The van der Waals surface area contributed by atoms with E-state index < -0.39 is 5.41 Å². The summed E-state index contributed by atoms with van der Waals surface area (Å²) in [7, 11) is 0. The lowest BCUT2D eigenvalue weighted by Gasteiger charge is -2.33. The van der Waals surface area contributed by atoms with Crippen molar-refractivity contribution in [1.29, 1.82) is 5.26 Å². The average molecular weight is 262 g/mol. The first-order chi connectivity index (χ1) is 8.70. The van der Waals surface area contributed by atoms with Gasteiger partial charge >= 0.3 is 0 Å². The zero-order valence-electron chi connectivity index (χ0n) is 10.1. The van der Waals surface area contributed by atoms with E-state index >= 15 is 0 Å². The van der Waals surface area contributed by atoms with Crippen LogP contribution in [0.15, 0.2) is 29.2 Å². The summed E-state index contributed by atoms with van der Waals surface area (Å²) in [6.07, 6.45) is 0. The van der Waals surface area contributed by atoms with E-state index in [-0.39, 0.29) is 19.1 Å². The molecule has 1 N–H and O–H groups in total. The molecular weight excluding hydrogens is 248 g/mol. The number of anilines is 1. The number of carbonyl (C=O) groups is 1. The molecule has 5 heteroatoms. The van der Waals surface area contributed by atoms with Crippen molar-refractivity contribution < 1.29 is 9.53 Å². The predicted molar refractivity (Wildman–Crippen MR) is 70.3 cm³/mol. The zero-order valence-corrected chi connectivity index (χ0v) is 10.9. The van der Waals surface area contributed by atoms with E-state index in [9.17, 15) is 4.79 Å².